The molecule has 0 aliphatic rings. The van der Waals surface area contributed by atoms with Crippen molar-refractivity contribution in [3.05, 3.63) is 42.2 Å². The highest BCUT2D eigenvalue weighted by Gasteiger charge is 2.03. The molecular weight excluding hydrogens is 210 g/mol. The SMILES string of the molecule is NSc1cc(-n2cccn2)ccc1C=O. The van der Waals surface area contributed by atoms with Gasteiger partial charge in [0.05, 0.1) is 5.69 Å². The van der Waals surface area contributed by atoms with E-state index in [1.54, 1.807) is 16.9 Å². The highest BCUT2D eigenvalue weighted by molar-refractivity contribution is 7.97. The largest absolute Gasteiger partial charge is 0.298 e. The molecule has 0 atom stereocenters. The molecule has 0 radical (unpaired) electrons. The van der Waals surface area contributed by atoms with Crippen molar-refractivity contribution >= 4 is 18.2 Å². The molecule has 0 saturated heterocycles. The summed E-state index contributed by atoms with van der Waals surface area (Å²) in [5, 5.41) is 9.57. The summed E-state index contributed by atoms with van der Waals surface area (Å²) in [5.41, 5.74) is 1.48. The van der Waals surface area contributed by atoms with E-state index in [4.69, 9.17) is 5.14 Å². The molecule has 0 aliphatic carbocycles. The summed E-state index contributed by atoms with van der Waals surface area (Å²) in [6, 6.07) is 7.24. The fourth-order valence-electron chi connectivity index (χ4n) is 1.29. The summed E-state index contributed by atoms with van der Waals surface area (Å²) in [4.78, 5) is 11.4. The first-order chi connectivity index (χ1) is 7.35. The summed E-state index contributed by atoms with van der Waals surface area (Å²) >= 11 is 1.06. The molecule has 1 aromatic carbocycles. The smallest absolute Gasteiger partial charge is 0.151 e. The number of nitrogens with two attached hydrogens (primary N) is 1. The van der Waals surface area contributed by atoms with E-state index in [-0.39, 0.29) is 0 Å². The molecule has 2 rings (SSSR count). The summed E-state index contributed by atoms with van der Waals surface area (Å²) in [7, 11) is 0. The van der Waals surface area contributed by atoms with Gasteiger partial charge in [0.2, 0.25) is 0 Å². The Bertz CT molecular complexity index is 468. The van der Waals surface area contributed by atoms with Gasteiger partial charge in [-0.2, -0.15) is 5.10 Å². The molecule has 5 heteroatoms. The number of nitrogens with zero attached hydrogens (tertiary/aromatic N) is 2. The van der Waals surface area contributed by atoms with E-state index in [2.05, 4.69) is 5.10 Å². The van der Waals surface area contributed by atoms with Crippen molar-refractivity contribution in [3.8, 4) is 5.69 Å². The Morgan fingerprint density at radius 3 is 2.93 bits per heavy atom. The second kappa shape index (κ2) is 4.29. The zero-order valence-corrected chi connectivity index (χ0v) is 8.65. The molecule has 76 valence electrons. The van der Waals surface area contributed by atoms with Gasteiger partial charge in [-0.3, -0.25) is 9.93 Å². The lowest BCUT2D eigenvalue weighted by Gasteiger charge is -2.05. The Hall–Kier alpha value is -1.59. The molecule has 1 heterocycles. The number of carbonyl (C=O) groups excluding carboxylic acids is 1. The minimum Gasteiger partial charge on any atom is -0.298 e. The lowest BCUT2D eigenvalue weighted by molar-refractivity contribution is 0.112. The molecule has 0 amide bonds. The van der Waals surface area contributed by atoms with Crippen molar-refractivity contribution in [1.82, 2.24) is 9.78 Å². The molecule has 0 fully saturated rings. The van der Waals surface area contributed by atoms with E-state index in [9.17, 15) is 4.79 Å². The zero-order valence-electron chi connectivity index (χ0n) is 7.83. The fraction of sp³-hybridized carbons (Fsp3) is 0. The lowest BCUT2D eigenvalue weighted by Crippen LogP contribution is -1.97. The van der Waals surface area contributed by atoms with Crippen molar-refractivity contribution in [1.29, 1.82) is 0 Å². The molecule has 4 nitrogen and oxygen atoms in total. The van der Waals surface area contributed by atoms with Crippen LogP contribution in [0, 0.1) is 0 Å². The third-order valence-corrected chi connectivity index (χ3v) is 2.63. The standard InChI is InChI=1S/C10H9N3OS/c11-15-10-6-9(3-2-8(10)7-14)13-5-1-4-12-13/h1-7H,11H2. The van der Waals surface area contributed by atoms with Gasteiger partial charge >= 0.3 is 0 Å². The highest BCUT2D eigenvalue weighted by atomic mass is 32.2. The van der Waals surface area contributed by atoms with Crippen LogP contribution in [0.5, 0.6) is 0 Å². The Morgan fingerprint density at radius 1 is 1.47 bits per heavy atom. The maximum absolute atomic E-state index is 10.7. The van der Waals surface area contributed by atoms with Gasteiger partial charge in [-0.05, 0) is 36.2 Å². The molecule has 0 aliphatic heterocycles. The first kappa shape index (κ1) is 9.95. The Kier molecular flexibility index (Phi) is 2.84. The second-order valence-corrected chi connectivity index (χ2v) is 3.58. The Balaban J connectivity index is 2.48. The molecule has 0 unspecified atom stereocenters. The Morgan fingerprint density at radius 2 is 2.33 bits per heavy atom. The zero-order chi connectivity index (χ0) is 10.7. The predicted octanol–water partition coefficient (Wildman–Crippen LogP) is 1.65. The maximum Gasteiger partial charge on any atom is 0.151 e. The van der Waals surface area contributed by atoms with E-state index >= 15 is 0 Å². The quantitative estimate of drug-likeness (QED) is 0.630. The monoisotopic (exact) mass is 219 g/mol. The van der Waals surface area contributed by atoms with Crippen LogP contribution >= 0.6 is 11.9 Å². The van der Waals surface area contributed by atoms with Crippen molar-refractivity contribution in [2.24, 2.45) is 5.14 Å². The van der Waals surface area contributed by atoms with Gasteiger partial charge in [0.15, 0.2) is 6.29 Å². The number of benzene rings is 1. The van der Waals surface area contributed by atoms with Crippen LogP contribution in [0.15, 0.2) is 41.6 Å². The maximum atomic E-state index is 10.7. The molecule has 0 saturated carbocycles. The summed E-state index contributed by atoms with van der Waals surface area (Å²) in [5.74, 6) is 0. The summed E-state index contributed by atoms with van der Waals surface area (Å²) < 4.78 is 1.72. The highest BCUT2D eigenvalue weighted by Crippen LogP contribution is 2.20. The van der Waals surface area contributed by atoms with E-state index in [1.165, 1.54) is 0 Å². The van der Waals surface area contributed by atoms with E-state index in [0.717, 1.165) is 28.8 Å². The first-order valence-corrected chi connectivity index (χ1v) is 5.19. The third kappa shape index (κ3) is 1.93. The van der Waals surface area contributed by atoms with Crippen LogP contribution in [0.1, 0.15) is 10.4 Å². The van der Waals surface area contributed by atoms with Gasteiger partial charge in [-0.25, -0.2) is 4.68 Å². The molecule has 1 aromatic heterocycles. The van der Waals surface area contributed by atoms with Crippen LogP contribution in [0.25, 0.3) is 5.69 Å². The van der Waals surface area contributed by atoms with Crippen LogP contribution in [-0.2, 0) is 0 Å². The molecule has 2 N–H and O–H groups in total. The van der Waals surface area contributed by atoms with Crippen LogP contribution in [0.2, 0.25) is 0 Å². The van der Waals surface area contributed by atoms with E-state index in [1.807, 2.05) is 24.4 Å². The minimum atomic E-state index is 0.596. The van der Waals surface area contributed by atoms with Crippen LogP contribution in [0.4, 0.5) is 0 Å². The van der Waals surface area contributed by atoms with Crippen molar-refractivity contribution < 1.29 is 4.79 Å². The lowest BCUT2D eigenvalue weighted by atomic mass is 10.2. The number of aldehydes is 1. The van der Waals surface area contributed by atoms with Gasteiger partial charge < -0.3 is 0 Å². The van der Waals surface area contributed by atoms with Gasteiger partial charge in [0.25, 0.3) is 0 Å². The van der Waals surface area contributed by atoms with Crippen LogP contribution < -0.4 is 5.14 Å². The molecule has 15 heavy (non-hydrogen) atoms. The van der Waals surface area contributed by atoms with Gasteiger partial charge in [0, 0.05) is 22.9 Å². The number of aromatic nitrogens is 2. The number of carbonyl (C=O) groups is 1. The van der Waals surface area contributed by atoms with E-state index in [0.29, 0.717) is 5.56 Å². The molecule has 0 bridgehead atoms. The second-order valence-electron chi connectivity index (χ2n) is 2.91. The minimum absolute atomic E-state index is 0.596. The van der Waals surface area contributed by atoms with Crippen molar-refractivity contribution in [2.75, 3.05) is 0 Å². The average molecular weight is 219 g/mol. The normalized spacial score (nSPS) is 10.2. The summed E-state index contributed by atoms with van der Waals surface area (Å²) in [6.07, 6.45) is 4.33. The van der Waals surface area contributed by atoms with Gasteiger partial charge in [0.1, 0.15) is 0 Å². The molecular formula is C10H9N3OS. The summed E-state index contributed by atoms with van der Waals surface area (Å²) in [6.45, 7) is 0. The Labute approximate surface area is 91.2 Å². The van der Waals surface area contributed by atoms with Crippen molar-refractivity contribution in [2.45, 2.75) is 4.90 Å². The third-order valence-electron chi connectivity index (χ3n) is 2.02. The van der Waals surface area contributed by atoms with Gasteiger partial charge in [-0.1, -0.05) is 0 Å². The van der Waals surface area contributed by atoms with E-state index < -0.39 is 0 Å². The van der Waals surface area contributed by atoms with Crippen LogP contribution in [-0.4, -0.2) is 16.1 Å². The molecule has 0 spiro atoms. The van der Waals surface area contributed by atoms with Crippen molar-refractivity contribution in [3.63, 3.8) is 0 Å². The van der Waals surface area contributed by atoms with Gasteiger partial charge in [-0.15, -0.1) is 0 Å². The first-order valence-electron chi connectivity index (χ1n) is 4.31. The number of hydrogen-bond donors (Lipinski definition) is 1. The number of hydrogen-bond acceptors (Lipinski definition) is 4. The fourth-order valence-corrected chi connectivity index (χ4v) is 1.73. The predicted molar refractivity (Wildman–Crippen MR) is 59.0 cm³/mol. The van der Waals surface area contributed by atoms with Crippen LogP contribution in [0.3, 0.4) is 0 Å². The topological polar surface area (TPSA) is 60.9 Å². The average Bonchev–Trinajstić information content (AvgIpc) is 2.81. The molecule has 2 aromatic rings. The number of rotatable bonds is 3.